The number of aromatic nitrogens is 2. The van der Waals surface area contributed by atoms with E-state index in [0.717, 1.165) is 44.7 Å². The van der Waals surface area contributed by atoms with Crippen LogP contribution in [0.4, 0.5) is 0 Å². The van der Waals surface area contributed by atoms with Crippen molar-refractivity contribution >= 4 is 43.4 Å². The topological polar surface area (TPSA) is 25.8 Å². The highest BCUT2D eigenvalue weighted by atomic mass is 14.8. The molecular formula is C38H24N2. The van der Waals surface area contributed by atoms with Crippen LogP contribution in [0, 0.1) is 0 Å². The lowest BCUT2D eigenvalue weighted by Gasteiger charge is -2.14. The molecule has 0 N–H and O–H groups in total. The lowest BCUT2D eigenvalue weighted by atomic mass is 9.92. The molecule has 2 heteroatoms. The number of hydrogen-bond donors (Lipinski definition) is 0. The van der Waals surface area contributed by atoms with Gasteiger partial charge in [0.2, 0.25) is 0 Å². The molecule has 0 amide bonds. The predicted octanol–water partition coefficient (Wildman–Crippen LogP) is 10.1. The molecule has 0 aliphatic heterocycles. The predicted molar refractivity (Wildman–Crippen MR) is 168 cm³/mol. The van der Waals surface area contributed by atoms with E-state index < -0.39 is 0 Å². The Morgan fingerprint density at radius 3 is 1.43 bits per heavy atom. The average molecular weight is 509 g/mol. The van der Waals surface area contributed by atoms with Crippen molar-refractivity contribution in [2.75, 3.05) is 0 Å². The monoisotopic (exact) mass is 508 g/mol. The van der Waals surface area contributed by atoms with Gasteiger partial charge in [0.15, 0.2) is 0 Å². The third kappa shape index (κ3) is 3.58. The van der Waals surface area contributed by atoms with Crippen LogP contribution < -0.4 is 0 Å². The van der Waals surface area contributed by atoms with E-state index in [9.17, 15) is 0 Å². The molecule has 0 saturated heterocycles. The highest BCUT2D eigenvalue weighted by Crippen LogP contribution is 2.39. The molecule has 0 radical (unpaired) electrons. The van der Waals surface area contributed by atoms with E-state index in [1.54, 1.807) is 0 Å². The lowest BCUT2D eigenvalue weighted by molar-refractivity contribution is 1.29. The summed E-state index contributed by atoms with van der Waals surface area (Å²) in [6, 6.07) is 51.3. The summed E-state index contributed by atoms with van der Waals surface area (Å²) in [5, 5.41) is 7.62. The number of fused-ring (bicyclic) bond motifs is 7. The molecule has 40 heavy (non-hydrogen) atoms. The van der Waals surface area contributed by atoms with Crippen LogP contribution in [0.1, 0.15) is 0 Å². The van der Waals surface area contributed by atoms with E-state index in [1.165, 1.54) is 32.3 Å². The normalized spacial score (nSPS) is 11.5. The maximum atomic E-state index is 5.33. The summed E-state index contributed by atoms with van der Waals surface area (Å²) in [5.74, 6) is 0. The van der Waals surface area contributed by atoms with Gasteiger partial charge in [0, 0.05) is 16.7 Å². The maximum absolute atomic E-state index is 5.33. The van der Waals surface area contributed by atoms with Crippen molar-refractivity contribution in [1.29, 1.82) is 0 Å². The second-order valence-corrected chi connectivity index (χ2v) is 10.2. The molecule has 8 rings (SSSR count). The molecule has 7 aromatic carbocycles. The molecule has 0 unspecified atom stereocenters. The number of rotatable bonds is 3. The Morgan fingerprint density at radius 2 is 0.825 bits per heavy atom. The SMILES string of the molecule is c1ccc(-c2nc3cccc(-c4ccc5c6ccccc6c6ccccc6c5c4)c3nc2-c2ccccc2)cc1. The summed E-state index contributed by atoms with van der Waals surface area (Å²) in [4.78, 5) is 10.5. The van der Waals surface area contributed by atoms with Gasteiger partial charge in [0.1, 0.15) is 0 Å². The number of para-hydroxylation sites is 1. The Kier molecular flexibility index (Phi) is 5.17. The van der Waals surface area contributed by atoms with Crippen LogP contribution in [-0.2, 0) is 0 Å². The first-order chi connectivity index (χ1) is 19.8. The van der Waals surface area contributed by atoms with Crippen LogP contribution in [0.3, 0.4) is 0 Å². The second kappa shape index (κ2) is 9.14. The van der Waals surface area contributed by atoms with E-state index in [1.807, 2.05) is 12.1 Å². The molecular weight excluding hydrogens is 484 g/mol. The highest BCUT2D eigenvalue weighted by molar-refractivity contribution is 6.25. The van der Waals surface area contributed by atoms with Crippen LogP contribution >= 0.6 is 0 Å². The Bertz CT molecular complexity index is 2160. The van der Waals surface area contributed by atoms with Gasteiger partial charge in [-0.25, -0.2) is 9.97 Å². The van der Waals surface area contributed by atoms with Crippen LogP contribution in [-0.4, -0.2) is 9.97 Å². The van der Waals surface area contributed by atoms with E-state index in [2.05, 4.69) is 133 Å². The first kappa shape index (κ1) is 22.6. The Labute approximate surface area is 232 Å². The largest absolute Gasteiger partial charge is 0.244 e. The first-order valence-corrected chi connectivity index (χ1v) is 13.6. The van der Waals surface area contributed by atoms with Gasteiger partial charge in [-0.05, 0) is 50.0 Å². The fourth-order valence-corrected chi connectivity index (χ4v) is 5.98. The molecule has 2 nitrogen and oxygen atoms in total. The average Bonchev–Trinajstić information content (AvgIpc) is 3.04. The molecule has 0 fully saturated rings. The van der Waals surface area contributed by atoms with Crippen molar-refractivity contribution in [3.8, 4) is 33.6 Å². The van der Waals surface area contributed by atoms with Crippen molar-refractivity contribution < 1.29 is 0 Å². The summed E-state index contributed by atoms with van der Waals surface area (Å²) in [7, 11) is 0. The molecule has 0 atom stereocenters. The van der Waals surface area contributed by atoms with E-state index in [0.29, 0.717) is 0 Å². The van der Waals surface area contributed by atoms with Crippen LogP contribution in [0.15, 0.2) is 146 Å². The van der Waals surface area contributed by atoms with Gasteiger partial charge in [0.25, 0.3) is 0 Å². The molecule has 186 valence electrons. The molecule has 0 aliphatic carbocycles. The first-order valence-electron chi connectivity index (χ1n) is 13.6. The van der Waals surface area contributed by atoms with E-state index in [4.69, 9.17) is 9.97 Å². The quantitative estimate of drug-likeness (QED) is 0.222. The summed E-state index contributed by atoms with van der Waals surface area (Å²) in [6.07, 6.45) is 0. The van der Waals surface area contributed by atoms with Gasteiger partial charge < -0.3 is 0 Å². The lowest BCUT2D eigenvalue weighted by Crippen LogP contribution is -1.97. The van der Waals surface area contributed by atoms with Gasteiger partial charge in [0.05, 0.1) is 22.4 Å². The third-order valence-electron chi connectivity index (χ3n) is 7.84. The minimum atomic E-state index is 0.888. The van der Waals surface area contributed by atoms with Gasteiger partial charge in [-0.2, -0.15) is 0 Å². The van der Waals surface area contributed by atoms with Gasteiger partial charge >= 0.3 is 0 Å². The molecule has 0 bridgehead atoms. The second-order valence-electron chi connectivity index (χ2n) is 10.2. The van der Waals surface area contributed by atoms with Gasteiger partial charge in [-0.3, -0.25) is 0 Å². The summed E-state index contributed by atoms with van der Waals surface area (Å²) in [5.41, 5.74) is 7.92. The molecule has 0 saturated carbocycles. The number of benzene rings is 7. The van der Waals surface area contributed by atoms with E-state index in [-0.39, 0.29) is 0 Å². The Hall–Kier alpha value is -5.34. The fourth-order valence-electron chi connectivity index (χ4n) is 5.98. The zero-order valence-corrected chi connectivity index (χ0v) is 21.8. The molecule has 0 spiro atoms. The van der Waals surface area contributed by atoms with Crippen LogP contribution in [0.2, 0.25) is 0 Å². The van der Waals surface area contributed by atoms with Crippen molar-refractivity contribution in [2.45, 2.75) is 0 Å². The van der Waals surface area contributed by atoms with Crippen molar-refractivity contribution in [3.05, 3.63) is 146 Å². The minimum absolute atomic E-state index is 0.888. The standard InChI is InChI=1S/C38H24N2/c1-3-12-25(13-4-1)36-37(26-14-5-2-6-15-26)40-38-28(20-11-21-35(38)39-36)27-22-23-33-31-18-8-7-16-29(31)30-17-9-10-19-32(30)34(33)24-27/h1-24H. The zero-order valence-electron chi connectivity index (χ0n) is 21.8. The molecule has 8 aromatic rings. The van der Waals surface area contributed by atoms with Crippen LogP contribution in [0.5, 0.6) is 0 Å². The summed E-state index contributed by atoms with van der Waals surface area (Å²) >= 11 is 0. The molecule has 0 aliphatic rings. The Morgan fingerprint density at radius 1 is 0.325 bits per heavy atom. The van der Waals surface area contributed by atoms with Crippen molar-refractivity contribution in [1.82, 2.24) is 9.97 Å². The zero-order chi connectivity index (χ0) is 26.5. The maximum Gasteiger partial charge on any atom is 0.0973 e. The third-order valence-corrected chi connectivity index (χ3v) is 7.84. The Balaban J connectivity index is 1.42. The fraction of sp³-hybridized carbons (Fsp3) is 0. The highest BCUT2D eigenvalue weighted by Gasteiger charge is 2.16. The van der Waals surface area contributed by atoms with Gasteiger partial charge in [-0.15, -0.1) is 0 Å². The van der Waals surface area contributed by atoms with Crippen molar-refractivity contribution in [2.24, 2.45) is 0 Å². The smallest absolute Gasteiger partial charge is 0.0973 e. The summed E-state index contributed by atoms with van der Waals surface area (Å²) in [6.45, 7) is 0. The molecule has 1 heterocycles. The van der Waals surface area contributed by atoms with E-state index >= 15 is 0 Å². The summed E-state index contributed by atoms with van der Waals surface area (Å²) < 4.78 is 0. The number of nitrogens with zero attached hydrogens (tertiary/aromatic N) is 2. The van der Waals surface area contributed by atoms with Crippen LogP contribution in [0.25, 0.3) is 77.0 Å². The van der Waals surface area contributed by atoms with Gasteiger partial charge in [-0.1, -0.05) is 133 Å². The minimum Gasteiger partial charge on any atom is -0.244 e. The molecule has 1 aromatic heterocycles. The van der Waals surface area contributed by atoms with Crippen molar-refractivity contribution in [3.63, 3.8) is 0 Å². The number of hydrogen-bond acceptors (Lipinski definition) is 2.